The number of esters is 1. The van der Waals surface area contributed by atoms with Crippen molar-refractivity contribution in [2.24, 2.45) is 5.10 Å². The summed E-state index contributed by atoms with van der Waals surface area (Å²) in [4.78, 5) is 11.4. The molecule has 0 atom stereocenters. The molecule has 0 spiro atoms. The number of carbonyl (C=O) groups is 1. The maximum atomic E-state index is 11.4. The molecule has 2 rings (SSSR count). The fraction of sp³-hybridized carbons (Fsp3) is 0.111. The van der Waals surface area contributed by atoms with Crippen LogP contribution in [-0.4, -0.2) is 17.7 Å². The van der Waals surface area contributed by atoms with Crippen LogP contribution in [0.5, 0.6) is 0 Å². The van der Waals surface area contributed by atoms with E-state index in [0.29, 0.717) is 0 Å². The van der Waals surface area contributed by atoms with E-state index in [9.17, 15) is 4.79 Å². The predicted octanol–water partition coefficient (Wildman–Crippen LogP) is 4.38. The Morgan fingerprint density at radius 3 is 2.57 bits per heavy atom. The molecule has 2 aromatic carbocycles. The van der Waals surface area contributed by atoms with E-state index in [0.717, 1.165) is 16.8 Å². The fourth-order valence-corrected chi connectivity index (χ4v) is 1.94. The van der Waals surface area contributed by atoms with Gasteiger partial charge < -0.3 is 4.74 Å². The zero-order chi connectivity index (χ0) is 16.5. The number of nitrogens with zero attached hydrogens (tertiary/aromatic N) is 1. The summed E-state index contributed by atoms with van der Waals surface area (Å²) in [5, 5.41) is 3.61. The number of hydrogen-bond acceptors (Lipinski definition) is 4. The summed E-state index contributed by atoms with van der Waals surface area (Å²) in [6.07, 6.45) is 3.96. The van der Waals surface area contributed by atoms with Gasteiger partial charge >= 0.3 is 5.97 Å². The maximum absolute atomic E-state index is 11.4. The van der Waals surface area contributed by atoms with Gasteiger partial charge in [0.05, 0.1) is 12.3 Å². The standard InChI is InChI=1S/C18H17ClN2O2/c1-2-23-18(22)17(19)21-20-16-11-7-6-10-15(16)13-12-14-8-4-3-5-9-14/h3-13,20H,2H2,1H3/b13-12+,21-17+. The Morgan fingerprint density at radius 1 is 1.13 bits per heavy atom. The quantitative estimate of drug-likeness (QED) is 0.370. The van der Waals surface area contributed by atoms with Crippen molar-refractivity contribution in [2.45, 2.75) is 6.92 Å². The number of ether oxygens (including phenoxy) is 1. The van der Waals surface area contributed by atoms with Gasteiger partial charge in [0, 0.05) is 0 Å². The molecule has 0 aliphatic rings. The van der Waals surface area contributed by atoms with Gasteiger partial charge in [-0.15, -0.1) is 0 Å². The third kappa shape index (κ3) is 5.27. The minimum atomic E-state index is -0.654. The van der Waals surface area contributed by atoms with Crippen molar-refractivity contribution in [3.8, 4) is 0 Å². The second-order valence-electron chi connectivity index (χ2n) is 4.57. The summed E-state index contributed by atoms with van der Waals surface area (Å²) in [6.45, 7) is 1.96. The van der Waals surface area contributed by atoms with Crippen molar-refractivity contribution in [1.29, 1.82) is 0 Å². The highest BCUT2D eigenvalue weighted by Gasteiger charge is 2.09. The molecule has 0 heterocycles. The first-order chi connectivity index (χ1) is 11.2. The lowest BCUT2D eigenvalue weighted by Crippen LogP contribution is -2.13. The van der Waals surface area contributed by atoms with Crippen LogP contribution in [0.4, 0.5) is 5.69 Å². The average molecular weight is 329 g/mol. The van der Waals surface area contributed by atoms with Crippen LogP contribution in [0.1, 0.15) is 18.1 Å². The summed E-state index contributed by atoms with van der Waals surface area (Å²) in [6, 6.07) is 17.5. The smallest absolute Gasteiger partial charge is 0.370 e. The van der Waals surface area contributed by atoms with Crippen LogP contribution in [0, 0.1) is 0 Å². The normalized spacial score (nSPS) is 11.5. The number of hydrazone groups is 1. The third-order valence-corrected chi connectivity index (χ3v) is 3.17. The van der Waals surface area contributed by atoms with Gasteiger partial charge in [0.2, 0.25) is 5.17 Å². The summed E-state index contributed by atoms with van der Waals surface area (Å²) < 4.78 is 4.77. The molecule has 0 fully saturated rings. The highest BCUT2D eigenvalue weighted by Crippen LogP contribution is 2.18. The SMILES string of the molecule is CCOC(=O)/C(Cl)=N\Nc1ccccc1/C=C/c1ccccc1. The molecule has 118 valence electrons. The molecule has 0 saturated carbocycles. The molecule has 1 N–H and O–H groups in total. The molecular weight excluding hydrogens is 312 g/mol. The van der Waals surface area contributed by atoms with Crippen molar-refractivity contribution in [3.05, 3.63) is 65.7 Å². The largest absolute Gasteiger partial charge is 0.461 e. The van der Waals surface area contributed by atoms with Gasteiger partial charge in [0.25, 0.3) is 0 Å². The maximum Gasteiger partial charge on any atom is 0.370 e. The van der Waals surface area contributed by atoms with Gasteiger partial charge in [0.15, 0.2) is 0 Å². The minimum absolute atomic E-state index is 0.242. The zero-order valence-electron chi connectivity index (χ0n) is 12.7. The van der Waals surface area contributed by atoms with E-state index in [1.165, 1.54) is 0 Å². The molecule has 23 heavy (non-hydrogen) atoms. The topological polar surface area (TPSA) is 50.7 Å². The molecular formula is C18H17ClN2O2. The molecule has 4 nitrogen and oxygen atoms in total. The zero-order valence-corrected chi connectivity index (χ0v) is 13.5. The summed E-state index contributed by atoms with van der Waals surface area (Å²) in [7, 11) is 0. The summed E-state index contributed by atoms with van der Waals surface area (Å²) in [5.74, 6) is -0.654. The number of carbonyl (C=O) groups excluding carboxylic acids is 1. The van der Waals surface area contributed by atoms with Gasteiger partial charge in [-0.25, -0.2) is 4.79 Å². The monoisotopic (exact) mass is 328 g/mol. The highest BCUT2D eigenvalue weighted by atomic mass is 35.5. The molecule has 0 aliphatic heterocycles. The van der Waals surface area contributed by atoms with Gasteiger partial charge in [0.1, 0.15) is 0 Å². The fourth-order valence-electron chi connectivity index (χ4n) is 1.84. The van der Waals surface area contributed by atoms with Crippen LogP contribution < -0.4 is 5.43 Å². The number of benzene rings is 2. The molecule has 0 aliphatic carbocycles. The van der Waals surface area contributed by atoms with Crippen molar-refractivity contribution < 1.29 is 9.53 Å². The second-order valence-corrected chi connectivity index (χ2v) is 4.92. The summed E-state index contributed by atoms with van der Waals surface area (Å²) in [5.41, 5.74) is 5.55. The van der Waals surface area contributed by atoms with E-state index < -0.39 is 5.97 Å². The molecule has 0 amide bonds. The number of hydrogen-bond donors (Lipinski definition) is 1. The average Bonchev–Trinajstić information content (AvgIpc) is 2.59. The lowest BCUT2D eigenvalue weighted by Gasteiger charge is -2.05. The van der Waals surface area contributed by atoms with E-state index in [1.807, 2.05) is 66.7 Å². The number of nitrogens with one attached hydrogen (secondary N) is 1. The van der Waals surface area contributed by atoms with Crippen LogP contribution in [0.3, 0.4) is 0 Å². The lowest BCUT2D eigenvalue weighted by molar-refractivity contribution is -0.134. The molecule has 0 aromatic heterocycles. The minimum Gasteiger partial charge on any atom is -0.461 e. The van der Waals surface area contributed by atoms with Gasteiger partial charge in [-0.3, -0.25) is 5.43 Å². The van der Waals surface area contributed by atoms with Crippen LogP contribution in [0.15, 0.2) is 59.7 Å². The Kier molecular flexibility index (Phi) is 6.39. The number of rotatable bonds is 6. The second kappa shape index (κ2) is 8.76. The Morgan fingerprint density at radius 2 is 1.83 bits per heavy atom. The number of anilines is 1. The first kappa shape index (κ1) is 16.8. The van der Waals surface area contributed by atoms with Crippen molar-refractivity contribution in [1.82, 2.24) is 0 Å². The predicted molar refractivity (Wildman–Crippen MR) is 95.4 cm³/mol. The van der Waals surface area contributed by atoms with E-state index in [2.05, 4.69) is 10.5 Å². The van der Waals surface area contributed by atoms with Crippen molar-refractivity contribution in [3.63, 3.8) is 0 Å². The van der Waals surface area contributed by atoms with Crippen LogP contribution in [0.25, 0.3) is 12.2 Å². The lowest BCUT2D eigenvalue weighted by atomic mass is 10.1. The Labute approximate surface area is 140 Å². The van der Waals surface area contributed by atoms with Crippen LogP contribution in [0.2, 0.25) is 0 Å². The highest BCUT2D eigenvalue weighted by molar-refractivity contribution is 6.82. The van der Waals surface area contributed by atoms with Gasteiger partial charge in [-0.2, -0.15) is 5.10 Å². The Balaban J connectivity index is 2.13. The first-order valence-corrected chi connectivity index (χ1v) is 7.57. The first-order valence-electron chi connectivity index (χ1n) is 7.19. The van der Waals surface area contributed by atoms with Crippen molar-refractivity contribution in [2.75, 3.05) is 12.0 Å². The van der Waals surface area contributed by atoms with E-state index in [4.69, 9.17) is 16.3 Å². The third-order valence-electron chi connectivity index (χ3n) is 2.93. The van der Waals surface area contributed by atoms with Gasteiger partial charge in [-0.1, -0.05) is 72.3 Å². The molecule has 0 unspecified atom stereocenters. The Hall–Kier alpha value is -2.59. The molecule has 0 bridgehead atoms. The van der Waals surface area contributed by atoms with E-state index >= 15 is 0 Å². The van der Waals surface area contributed by atoms with Crippen LogP contribution in [-0.2, 0) is 9.53 Å². The molecule has 2 aromatic rings. The van der Waals surface area contributed by atoms with Gasteiger partial charge in [-0.05, 0) is 24.1 Å². The van der Waals surface area contributed by atoms with E-state index in [-0.39, 0.29) is 11.8 Å². The van der Waals surface area contributed by atoms with Crippen LogP contribution >= 0.6 is 11.6 Å². The molecule has 5 heteroatoms. The van der Waals surface area contributed by atoms with Crippen molar-refractivity contribution >= 4 is 40.6 Å². The molecule has 0 saturated heterocycles. The number of para-hydroxylation sites is 1. The number of halogens is 1. The van der Waals surface area contributed by atoms with E-state index in [1.54, 1.807) is 6.92 Å². The Bertz CT molecular complexity index is 712. The summed E-state index contributed by atoms with van der Waals surface area (Å²) >= 11 is 5.78. The molecule has 0 radical (unpaired) electrons.